The monoisotopic (exact) mass is 572 g/mol. The number of ether oxygens (including phenoxy) is 2. The van der Waals surface area contributed by atoms with E-state index in [0.29, 0.717) is 56.0 Å². The lowest BCUT2D eigenvalue weighted by Gasteiger charge is -2.47. The van der Waals surface area contributed by atoms with Crippen LogP contribution in [0, 0.1) is 0 Å². The summed E-state index contributed by atoms with van der Waals surface area (Å²) in [6, 6.07) is 10.7. The summed E-state index contributed by atoms with van der Waals surface area (Å²) < 4.78 is 23.8. The predicted molar refractivity (Wildman–Crippen MR) is 145 cm³/mol. The van der Waals surface area contributed by atoms with Crippen molar-refractivity contribution in [1.29, 1.82) is 0 Å². The summed E-state index contributed by atoms with van der Waals surface area (Å²) in [6.45, 7) is 4.90. The van der Waals surface area contributed by atoms with Crippen LogP contribution in [0.25, 0.3) is 0 Å². The number of benzene rings is 2. The molecule has 39 heavy (non-hydrogen) atoms. The third-order valence-electron chi connectivity index (χ3n) is 7.86. The summed E-state index contributed by atoms with van der Waals surface area (Å²) in [7, 11) is -1.65. The largest absolute Gasteiger partial charge is 0.454 e. The number of nitrogens with one attached hydrogen (secondary N) is 1. The third-order valence-corrected chi connectivity index (χ3v) is 9.64. The molecular formula is C27H29ClN4O6S. The van der Waals surface area contributed by atoms with Gasteiger partial charge in [0, 0.05) is 62.5 Å². The number of carbonyl (C=O) groups excluding carboxylic acids is 3. The van der Waals surface area contributed by atoms with E-state index in [4.69, 9.17) is 21.1 Å². The highest BCUT2D eigenvalue weighted by atomic mass is 35.5. The zero-order valence-electron chi connectivity index (χ0n) is 21.5. The summed E-state index contributed by atoms with van der Waals surface area (Å²) >= 11 is 6.44. The fourth-order valence-corrected chi connectivity index (χ4v) is 7.24. The van der Waals surface area contributed by atoms with Crippen LogP contribution in [0.4, 0.5) is 5.69 Å². The topological polar surface area (TPSA) is 108 Å². The first-order valence-electron chi connectivity index (χ1n) is 12.9. The maximum Gasteiger partial charge on any atom is 0.254 e. The number of halogens is 1. The molecule has 1 N–H and O–H groups in total. The Labute approximate surface area is 233 Å². The van der Waals surface area contributed by atoms with Gasteiger partial charge in [-0.3, -0.25) is 18.6 Å². The van der Waals surface area contributed by atoms with Crippen LogP contribution in [0.1, 0.15) is 30.1 Å². The van der Waals surface area contributed by atoms with Gasteiger partial charge in [-0.05, 0) is 43.7 Å². The van der Waals surface area contributed by atoms with E-state index in [1.54, 1.807) is 21.9 Å². The molecular weight excluding hydrogens is 544 g/mol. The summed E-state index contributed by atoms with van der Waals surface area (Å²) in [6.07, 6.45) is 1.19. The summed E-state index contributed by atoms with van der Waals surface area (Å²) in [5.41, 5.74) is 1.11. The molecule has 4 aliphatic heterocycles. The van der Waals surface area contributed by atoms with E-state index in [2.05, 4.69) is 17.1 Å². The van der Waals surface area contributed by atoms with Crippen molar-refractivity contribution in [2.75, 3.05) is 50.2 Å². The molecule has 3 saturated heterocycles. The molecule has 0 aromatic heterocycles. The number of nitrogens with zero attached hydrogens (tertiary/aromatic N) is 3. The molecule has 2 unspecified atom stereocenters. The van der Waals surface area contributed by atoms with Gasteiger partial charge >= 0.3 is 0 Å². The van der Waals surface area contributed by atoms with E-state index in [1.807, 2.05) is 18.2 Å². The van der Waals surface area contributed by atoms with Gasteiger partial charge in [0.05, 0.1) is 26.3 Å². The zero-order chi connectivity index (χ0) is 27.3. The minimum absolute atomic E-state index is 0.00753. The van der Waals surface area contributed by atoms with Crippen LogP contribution in [0.15, 0.2) is 41.3 Å². The van der Waals surface area contributed by atoms with Gasteiger partial charge < -0.3 is 29.5 Å². The van der Waals surface area contributed by atoms with Crippen LogP contribution in [-0.4, -0.2) is 88.6 Å². The summed E-state index contributed by atoms with van der Waals surface area (Å²) in [5, 5.41) is 3.13. The quantitative estimate of drug-likeness (QED) is 0.584. The molecule has 3 fully saturated rings. The highest BCUT2D eigenvalue weighted by Gasteiger charge is 2.49. The van der Waals surface area contributed by atoms with Crippen molar-refractivity contribution in [3.05, 3.63) is 47.0 Å². The second-order valence-electron chi connectivity index (χ2n) is 10.5. The van der Waals surface area contributed by atoms with E-state index in [9.17, 15) is 18.6 Å². The molecule has 0 radical (unpaired) electrons. The van der Waals surface area contributed by atoms with Gasteiger partial charge in [-0.2, -0.15) is 0 Å². The molecule has 4 aliphatic rings. The Morgan fingerprint density at radius 1 is 1.10 bits per heavy atom. The summed E-state index contributed by atoms with van der Waals surface area (Å²) in [5.74, 6) is 0.879. The molecule has 3 amide bonds. The number of piperazine rings is 1. The van der Waals surface area contributed by atoms with Crippen LogP contribution in [0.5, 0.6) is 11.5 Å². The van der Waals surface area contributed by atoms with Crippen molar-refractivity contribution in [1.82, 2.24) is 15.1 Å². The van der Waals surface area contributed by atoms with Gasteiger partial charge in [0.1, 0.15) is 5.75 Å². The van der Waals surface area contributed by atoms with Crippen molar-refractivity contribution >= 4 is 45.8 Å². The molecule has 2 aromatic rings. The number of carbonyl (C=O) groups is 3. The van der Waals surface area contributed by atoms with Gasteiger partial charge in [-0.25, -0.2) is 0 Å². The van der Waals surface area contributed by atoms with Gasteiger partial charge in [-0.15, -0.1) is 0 Å². The number of hydrogen-bond acceptors (Lipinski definition) is 7. The van der Waals surface area contributed by atoms with Crippen LogP contribution in [0.3, 0.4) is 0 Å². The van der Waals surface area contributed by atoms with Crippen LogP contribution >= 0.6 is 11.6 Å². The standard InChI is InChI=1S/C27H29ClN4O6S/c1-17-12-30(8-9-32(17)19-3-4-21-22(11-19)38-16-37-21)26(35)18-2-5-23(20(28)10-18)39(36)13-25(34)31-14-27(15-31)7-6-24(33)29-27/h2-5,10-11,17H,6-9,12-16H2,1H3,(H,29,33). The fraction of sp³-hybridized carbons (Fsp3) is 0.444. The zero-order valence-corrected chi connectivity index (χ0v) is 23.1. The summed E-state index contributed by atoms with van der Waals surface area (Å²) in [4.78, 5) is 43.4. The Morgan fingerprint density at radius 3 is 2.62 bits per heavy atom. The first kappa shape index (κ1) is 25.9. The van der Waals surface area contributed by atoms with Crippen LogP contribution < -0.4 is 19.7 Å². The minimum atomic E-state index is -1.65. The minimum Gasteiger partial charge on any atom is -0.454 e. The maximum atomic E-state index is 13.3. The van der Waals surface area contributed by atoms with Crippen molar-refractivity contribution < 1.29 is 28.1 Å². The second-order valence-corrected chi connectivity index (χ2v) is 12.4. The average Bonchev–Trinajstić information content (AvgIpc) is 3.53. The van der Waals surface area contributed by atoms with E-state index in [1.165, 1.54) is 6.07 Å². The Hall–Kier alpha value is -3.31. The first-order valence-corrected chi connectivity index (χ1v) is 14.6. The third kappa shape index (κ3) is 4.93. The normalized spacial score (nSPS) is 22.1. The fourth-order valence-electron chi connectivity index (χ4n) is 5.74. The molecule has 2 atom stereocenters. The Kier molecular flexibility index (Phi) is 6.66. The van der Waals surface area contributed by atoms with E-state index in [-0.39, 0.29) is 46.9 Å². The number of anilines is 1. The molecule has 0 bridgehead atoms. The molecule has 1 spiro atoms. The highest BCUT2D eigenvalue weighted by molar-refractivity contribution is 7.85. The van der Waals surface area contributed by atoms with Crippen LogP contribution in [0.2, 0.25) is 5.02 Å². The Balaban J connectivity index is 1.05. The van der Waals surface area contributed by atoms with Crippen molar-refractivity contribution in [3.8, 4) is 11.5 Å². The molecule has 2 aromatic carbocycles. The SMILES string of the molecule is CC1CN(C(=O)c2ccc(S(=O)CC(=O)N3CC4(CCC(=O)N4)C3)c(Cl)c2)CCN1c1ccc2c(c1)OCO2. The number of hydrogen-bond donors (Lipinski definition) is 1. The molecule has 4 heterocycles. The average molecular weight is 573 g/mol. The van der Waals surface area contributed by atoms with Crippen LogP contribution in [-0.2, 0) is 20.4 Å². The number of amides is 3. The molecule has 206 valence electrons. The lowest BCUT2D eigenvalue weighted by molar-refractivity contribution is -0.137. The molecule has 0 aliphatic carbocycles. The highest BCUT2D eigenvalue weighted by Crippen LogP contribution is 2.36. The number of rotatable bonds is 5. The smallest absolute Gasteiger partial charge is 0.254 e. The van der Waals surface area contributed by atoms with E-state index < -0.39 is 10.8 Å². The Bertz CT molecular complexity index is 1380. The molecule has 12 heteroatoms. The van der Waals surface area contributed by atoms with E-state index in [0.717, 1.165) is 17.2 Å². The van der Waals surface area contributed by atoms with Gasteiger partial charge in [0.2, 0.25) is 18.6 Å². The maximum absolute atomic E-state index is 13.3. The Morgan fingerprint density at radius 2 is 1.90 bits per heavy atom. The number of likely N-dealkylation sites (tertiary alicyclic amines) is 1. The lowest BCUT2D eigenvalue weighted by atomic mass is 9.88. The van der Waals surface area contributed by atoms with E-state index >= 15 is 0 Å². The lowest BCUT2D eigenvalue weighted by Crippen LogP contribution is -2.68. The predicted octanol–water partition coefficient (Wildman–Crippen LogP) is 2.02. The van der Waals surface area contributed by atoms with Crippen molar-refractivity contribution in [2.45, 2.75) is 36.2 Å². The number of fused-ring (bicyclic) bond motifs is 1. The second kappa shape index (κ2) is 10.0. The van der Waals surface area contributed by atoms with Crippen molar-refractivity contribution in [3.63, 3.8) is 0 Å². The molecule has 6 rings (SSSR count). The molecule has 0 saturated carbocycles. The van der Waals surface area contributed by atoms with Crippen molar-refractivity contribution in [2.24, 2.45) is 0 Å². The molecule has 10 nitrogen and oxygen atoms in total. The van der Waals surface area contributed by atoms with Gasteiger partial charge in [0.25, 0.3) is 5.91 Å². The first-order chi connectivity index (χ1) is 18.7. The van der Waals surface area contributed by atoms with Gasteiger partial charge in [0.15, 0.2) is 11.5 Å². The van der Waals surface area contributed by atoms with Gasteiger partial charge in [-0.1, -0.05) is 11.6 Å².